The maximum atomic E-state index is 3.99. The van der Waals surface area contributed by atoms with E-state index in [1.165, 1.54) is 12.1 Å². The first-order chi connectivity index (χ1) is 6.02. The van der Waals surface area contributed by atoms with Crippen molar-refractivity contribution >= 4 is 0 Å². The van der Waals surface area contributed by atoms with Crippen LogP contribution < -0.4 is 5.32 Å². The normalized spacial score (nSPS) is 10.9. The molecule has 0 spiro atoms. The van der Waals surface area contributed by atoms with Gasteiger partial charge in [-0.1, -0.05) is 20.4 Å². The Morgan fingerprint density at radius 3 is 2.46 bits per heavy atom. The summed E-state index contributed by atoms with van der Waals surface area (Å²) in [5, 5.41) is 3.33. The molecule has 0 aromatic carbocycles. The van der Waals surface area contributed by atoms with Crippen molar-refractivity contribution in [1.82, 2.24) is 10.2 Å². The Hall–Kier alpha value is -0.500. The van der Waals surface area contributed by atoms with E-state index in [9.17, 15) is 0 Å². The molecule has 0 rings (SSSR count). The molecule has 2 heteroatoms. The Morgan fingerprint density at radius 2 is 2.00 bits per heavy atom. The van der Waals surface area contributed by atoms with E-state index in [-0.39, 0.29) is 0 Å². The van der Waals surface area contributed by atoms with Crippen molar-refractivity contribution in [1.29, 1.82) is 0 Å². The third-order valence-electron chi connectivity index (χ3n) is 1.96. The zero-order valence-electron chi connectivity index (χ0n) is 9.56. The van der Waals surface area contributed by atoms with Gasteiger partial charge in [-0.2, -0.15) is 0 Å². The number of hydrogen-bond acceptors (Lipinski definition) is 2. The molecule has 0 bridgehead atoms. The third kappa shape index (κ3) is 9.41. The lowest BCUT2D eigenvalue weighted by Gasteiger charge is -2.13. The van der Waals surface area contributed by atoms with Gasteiger partial charge in [0.2, 0.25) is 0 Å². The molecular weight excluding hydrogens is 160 g/mol. The minimum absolute atomic E-state index is 0.771. The molecule has 0 aromatic heterocycles. The standard InChI is InChI=1S/C11H24N2/c1-10(2)6-7-11(3)12-8-9-13(4)5/h10,12H,3,6-9H2,1-2,4-5H3. The number of nitrogens with zero attached hydrogens (tertiary/aromatic N) is 1. The molecule has 13 heavy (non-hydrogen) atoms. The van der Waals surface area contributed by atoms with Gasteiger partial charge in [-0.25, -0.2) is 0 Å². The van der Waals surface area contributed by atoms with E-state index in [0.29, 0.717) is 0 Å². The first-order valence-corrected chi connectivity index (χ1v) is 5.08. The first kappa shape index (κ1) is 12.5. The molecule has 0 atom stereocenters. The van der Waals surface area contributed by atoms with E-state index in [4.69, 9.17) is 0 Å². The summed E-state index contributed by atoms with van der Waals surface area (Å²) in [5.74, 6) is 0.771. The van der Waals surface area contributed by atoms with E-state index in [1.807, 2.05) is 0 Å². The van der Waals surface area contributed by atoms with Gasteiger partial charge < -0.3 is 10.2 Å². The summed E-state index contributed by atoms with van der Waals surface area (Å²) in [4.78, 5) is 2.17. The van der Waals surface area contributed by atoms with Gasteiger partial charge in [-0.15, -0.1) is 0 Å². The molecule has 0 aliphatic carbocycles. The molecule has 0 unspecified atom stereocenters. The van der Waals surface area contributed by atoms with Crippen molar-refractivity contribution in [2.24, 2.45) is 5.92 Å². The van der Waals surface area contributed by atoms with Crippen molar-refractivity contribution in [2.45, 2.75) is 26.7 Å². The zero-order chi connectivity index (χ0) is 10.3. The van der Waals surface area contributed by atoms with Crippen LogP contribution >= 0.6 is 0 Å². The summed E-state index contributed by atoms with van der Waals surface area (Å²) in [5.41, 5.74) is 1.18. The summed E-state index contributed by atoms with van der Waals surface area (Å²) in [6.45, 7) is 10.6. The van der Waals surface area contributed by atoms with Crippen LogP contribution in [0.5, 0.6) is 0 Å². The van der Waals surface area contributed by atoms with Gasteiger partial charge in [-0.3, -0.25) is 0 Å². The van der Waals surface area contributed by atoms with E-state index in [0.717, 1.165) is 25.4 Å². The summed E-state index contributed by atoms with van der Waals surface area (Å²) in [6, 6.07) is 0. The summed E-state index contributed by atoms with van der Waals surface area (Å²) in [7, 11) is 4.16. The summed E-state index contributed by atoms with van der Waals surface area (Å²) >= 11 is 0. The lowest BCUT2D eigenvalue weighted by atomic mass is 10.1. The molecule has 0 saturated carbocycles. The minimum atomic E-state index is 0.771. The van der Waals surface area contributed by atoms with Crippen LogP contribution in [0.1, 0.15) is 26.7 Å². The molecule has 0 saturated heterocycles. The van der Waals surface area contributed by atoms with E-state index in [1.54, 1.807) is 0 Å². The Labute approximate surface area is 83.0 Å². The maximum Gasteiger partial charge on any atom is 0.0271 e. The highest BCUT2D eigenvalue weighted by Gasteiger charge is 1.97. The highest BCUT2D eigenvalue weighted by molar-refractivity contribution is 4.90. The number of rotatable bonds is 7. The maximum absolute atomic E-state index is 3.99. The van der Waals surface area contributed by atoms with Crippen molar-refractivity contribution in [3.8, 4) is 0 Å². The topological polar surface area (TPSA) is 15.3 Å². The van der Waals surface area contributed by atoms with Crippen molar-refractivity contribution in [2.75, 3.05) is 27.2 Å². The van der Waals surface area contributed by atoms with Gasteiger partial charge in [0, 0.05) is 18.8 Å². The minimum Gasteiger partial charge on any atom is -0.388 e. The van der Waals surface area contributed by atoms with Crippen LogP contribution in [-0.4, -0.2) is 32.1 Å². The van der Waals surface area contributed by atoms with Crippen molar-refractivity contribution < 1.29 is 0 Å². The lowest BCUT2D eigenvalue weighted by Crippen LogP contribution is -2.25. The fourth-order valence-electron chi connectivity index (χ4n) is 1.01. The Bertz CT molecular complexity index is 139. The average molecular weight is 184 g/mol. The van der Waals surface area contributed by atoms with Crippen molar-refractivity contribution in [3.63, 3.8) is 0 Å². The Morgan fingerprint density at radius 1 is 1.38 bits per heavy atom. The smallest absolute Gasteiger partial charge is 0.0271 e. The van der Waals surface area contributed by atoms with Crippen LogP contribution in [0.2, 0.25) is 0 Å². The quantitative estimate of drug-likeness (QED) is 0.652. The van der Waals surface area contributed by atoms with Crippen LogP contribution in [-0.2, 0) is 0 Å². The van der Waals surface area contributed by atoms with Gasteiger partial charge in [0.05, 0.1) is 0 Å². The molecule has 78 valence electrons. The summed E-state index contributed by atoms with van der Waals surface area (Å²) in [6.07, 6.45) is 2.33. The molecule has 0 fully saturated rings. The molecule has 0 aromatic rings. The molecule has 1 N–H and O–H groups in total. The molecule has 2 nitrogen and oxygen atoms in total. The van der Waals surface area contributed by atoms with Crippen LogP contribution in [0.15, 0.2) is 12.3 Å². The molecule has 0 aliphatic rings. The average Bonchev–Trinajstić information content (AvgIpc) is 2.00. The third-order valence-corrected chi connectivity index (χ3v) is 1.96. The van der Waals surface area contributed by atoms with Gasteiger partial charge in [0.15, 0.2) is 0 Å². The second kappa shape index (κ2) is 6.96. The second-order valence-electron chi connectivity index (χ2n) is 4.27. The van der Waals surface area contributed by atoms with Gasteiger partial charge in [0.25, 0.3) is 0 Å². The number of likely N-dealkylation sites (N-methyl/N-ethyl adjacent to an activating group) is 1. The van der Waals surface area contributed by atoms with Gasteiger partial charge in [0.1, 0.15) is 0 Å². The van der Waals surface area contributed by atoms with Crippen LogP contribution in [0, 0.1) is 5.92 Å². The largest absolute Gasteiger partial charge is 0.388 e. The molecular formula is C11H24N2. The van der Waals surface area contributed by atoms with Gasteiger partial charge in [-0.05, 0) is 32.9 Å². The van der Waals surface area contributed by atoms with Crippen molar-refractivity contribution in [3.05, 3.63) is 12.3 Å². The first-order valence-electron chi connectivity index (χ1n) is 5.08. The highest BCUT2D eigenvalue weighted by Crippen LogP contribution is 2.07. The van der Waals surface area contributed by atoms with Crippen LogP contribution in [0.4, 0.5) is 0 Å². The predicted octanol–water partition coefficient (Wildman–Crippen LogP) is 2.09. The fourth-order valence-corrected chi connectivity index (χ4v) is 1.01. The molecule has 0 aliphatic heterocycles. The van der Waals surface area contributed by atoms with Crippen LogP contribution in [0.3, 0.4) is 0 Å². The highest BCUT2D eigenvalue weighted by atomic mass is 15.1. The molecule has 0 radical (unpaired) electrons. The van der Waals surface area contributed by atoms with E-state index < -0.39 is 0 Å². The van der Waals surface area contributed by atoms with E-state index >= 15 is 0 Å². The second-order valence-corrected chi connectivity index (χ2v) is 4.27. The number of hydrogen-bond donors (Lipinski definition) is 1. The molecule has 0 heterocycles. The van der Waals surface area contributed by atoms with E-state index in [2.05, 4.69) is 44.7 Å². The monoisotopic (exact) mass is 184 g/mol. The Kier molecular flexibility index (Phi) is 6.69. The molecule has 0 amide bonds. The Balaban J connectivity index is 3.30. The van der Waals surface area contributed by atoms with Crippen LogP contribution in [0.25, 0.3) is 0 Å². The predicted molar refractivity (Wildman–Crippen MR) is 59.8 cm³/mol. The summed E-state index contributed by atoms with van der Waals surface area (Å²) < 4.78 is 0. The van der Waals surface area contributed by atoms with Gasteiger partial charge >= 0.3 is 0 Å². The fraction of sp³-hybridized carbons (Fsp3) is 0.818. The zero-order valence-corrected chi connectivity index (χ0v) is 9.56. The number of allylic oxidation sites excluding steroid dienone is 1. The lowest BCUT2D eigenvalue weighted by molar-refractivity contribution is 0.405. The number of nitrogens with one attached hydrogen (secondary N) is 1. The SMILES string of the molecule is C=C(CCC(C)C)NCCN(C)C.